The summed E-state index contributed by atoms with van der Waals surface area (Å²) in [5, 5.41) is 6.59. The zero-order valence-electron chi connectivity index (χ0n) is 21.3. The number of benzene rings is 3. The minimum Gasteiger partial charge on any atom is -0.322 e. The molecular formula is C30H28F3N3O2. The molecule has 3 aromatic carbocycles. The number of anilines is 1. The van der Waals surface area contributed by atoms with E-state index in [0.29, 0.717) is 23.4 Å². The lowest BCUT2D eigenvalue weighted by Crippen LogP contribution is -2.21. The van der Waals surface area contributed by atoms with Gasteiger partial charge in [-0.25, -0.2) is 4.68 Å². The third-order valence-electron chi connectivity index (χ3n) is 6.69. The maximum Gasteiger partial charge on any atom is 0.435 e. The summed E-state index contributed by atoms with van der Waals surface area (Å²) < 4.78 is 41.8. The topological polar surface area (TPSA) is 64.0 Å². The SMILES string of the molecule is CCc1cccc(-n2nc(C(F)(F)F)cc2C(=O)C(C)C(C)c2cccc(C(=O)Nc3ccccc3)c2)c1. The molecule has 8 heteroatoms. The number of nitrogens with zero attached hydrogens (tertiary/aromatic N) is 2. The normalized spacial score (nSPS) is 13.1. The molecule has 1 N–H and O–H groups in total. The average molecular weight is 520 g/mol. The molecule has 196 valence electrons. The summed E-state index contributed by atoms with van der Waals surface area (Å²) in [6.07, 6.45) is -4.01. The fourth-order valence-corrected chi connectivity index (χ4v) is 4.24. The van der Waals surface area contributed by atoms with E-state index in [-0.39, 0.29) is 17.5 Å². The second kappa shape index (κ2) is 11.0. The number of para-hydroxylation sites is 1. The van der Waals surface area contributed by atoms with Crippen molar-refractivity contribution in [2.45, 2.75) is 39.3 Å². The summed E-state index contributed by atoms with van der Waals surface area (Å²) in [6.45, 7) is 5.43. The number of carbonyl (C=O) groups excluding carboxylic acids is 2. The highest BCUT2D eigenvalue weighted by Gasteiger charge is 2.37. The molecule has 2 unspecified atom stereocenters. The zero-order chi connectivity index (χ0) is 27.4. The molecule has 0 aliphatic heterocycles. The van der Waals surface area contributed by atoms with E-state index in [9.17, 15) is 22.8 Å². The molecule has 0 aliphatic rings. The first-order valence-corrected chi connectivity index (χ1v) is 12.4. The second-order valence-corrected chi connectivity index (χ2v) is 9.24. The van der Waals surface area contributed by atoms with E-state index in [1.807, 2.05) is 38.1 Å². The van der Waals surface area contributed by atoms with Gasteiger partial charge in [-0.15, -0.1) is 0 Å². The fourth-order valence-electron chi connectivity index (χ4n) is 4.24. The first kappa shape index (κ1) is 26.9. The van der Waals surface area contributed by atoms with Gasteiger partial charge in [0.25, 0.3) is 5.91 Å². The lowest BCUT2D eigenvalue weighted by molar-refractivity contribution is -0.141. The molecule has 2 atom stereocenters. The first-order valence-electron chi connectivity index (χ1n) is 12.4. The van der Waals surface area contributed by atoms with E-state index in [1.165, 1.54) is 0 Å². The highest BCUT2D eigenvalue weighted by molar-refractivity contribution is 6.04. The monoisotopic (exact) mass is 519 g/mol. The van der Waals surface area contributed by atoms with Crippen LogP contribution < -0.4 is 5.32 Å². The van der Waals surface area contributed by atoms with Crippen LogP contribution in [0.1, 0.15) is 64.4 Å². The lowest BCUT2D eigenvalue weighted by Gasteiger charge is -2.20. The summed E-state index contributed by atoms with van der Waals surface area (Å²) in [7, 11) is 0. The number of carbonyl (C=O) groups is 2. The van der Waals surface area contributed by atoms with E-state index in [1.54, 1.807) is 61.5 Å². The van der Waals surface area contributed by atoms with Crippen molar-refractivity contribution >= 4 is 17.4 Å². The predicted molar refractivity (Wildman–Crippen MR) is 141 cm³/mol. The van der Waals surface area contributed by atoms with Gasteiger partial charge in [-0.1, -0.05) is 63.2 Å². The molecule has 0 saturated carbocycles. The van der Waals surface area contributed by atoms with Gasteiger partial charge >= 0.3 is 6.18 Å². The summed E-state index contributed by atoms with van der Waals surface area (Å²) in [5.74, 6) is -1.84. The van der Waals surface area contributed by atoms with Crippen molar-refractivity contribution in [3.8, 4) is 5.69 Å². The van der Waals surface area contributed by atoms with E-state index in [0.717, 1.165) is 21.9 Å². The molecule has 5 nitrogen and oxygen atoms in total. The van der Waals surface area contributed by atoms with Crippen molar-refractivity contribution in [3.05, 3.63) is 113 Å². The summed E-state index contributed by atoms with van der Waals surface area (Å²) in [4.78, 5) is 26.4. The first-order chi connectivity index (χ1) is 18.1. The number of hydrogen-bond donors (Lipinski definition) is 1. The zero-order valence-corrected chi connectivity index (χ0v) is 21.3. The smallest absolute Gasteiger partial charge is 0.322 e. The van der Waals surface area contributed by atoms with Crippen LogP contribution in [0, 0.1) is 5.92 Å². The Labute approximate surface area is 219 Å². The molecule has 1 amide bonds. The quantitative estimate of drug-likeness (QED) is 0.248. The minimum atomic E-state index is -4.70. The minimum absolute atomic E-state index is 0.136. The van der Waals surface area contributed by atoms with Crippen molar-refractivity contribution in [2.75, 3.05) is 5.32 Å². The van der Waals surface area contributed by atoms with E-state index in [4.69, 9.17) is 0 Å². The average Bonchev–Trinajstić information content (AvgIpc) is 3.39. The van der Waals surface area contributed by atoms with Gasteiger partial charge in [0.15, 0.2) is 11.5 Å². The number of alkyl halides is 3. The number of ketones is 1. The third kappa shape index (κ3) is 5.85. The molecule has 38 heavy (non-hydrogen) atoms. The molecule has 0 spiro atoms. The third-order valence-corrected chi connectivity index (χ3v) is 6.69. The number of amides is 1. The van der Waals surface area contributed by atoms with Gasteiger partial charge in [0.1, 0.15) is 5.69 Å². The maximum atomic E-state index is 13.6. The van der Waals surface area contributed by atoms with Crippen LogP contribution in [0.5, 0.6) is 0 Å². The van der Waals surface area contributed by atoms with Gasteiger partial charge < -0.3 is 5.32 Å². The Balaban J connectivity index is 1.63. The Kier molecular flexibility index (Phi) is 7.80. The number of Topliss-reactive ketones (excluding diaryl/α,β-unsaturated/α-hetero) is 1. The molecule has 0 bridgehead atoms. The van der Waals surface area contributed by atoms with Gasteiger partial charge in [-0.3, -0.25) is 9.59 Å². The molecule has 0 radical (unpaired) electrons. The highest BCUT2D eigenvalue weighted by atomic mass is 19.4. The predicted octanol–water partition coefficient (Wildman–Crippen LogP) is 7.33. The number of rotatable bonds is 8. The van der Waals surface area contributed by atoms with Crippen molar-refractivity contribution < 1.29 is 22.8 Å². The Morgan fingerprint density at radius 1 is 0.921 bits per heavy atom. The fraction of sp³-hybridized carbons (Fsp3) is 0.233. The van der Waals surface area contributed by atoms with Crippen LogP contribution in [0.4, 0.5) is 18.9 Å². The Morgan fingerprint density at radius 3 is 2.32 bits per heavy atom. The molecule has 4 rings (SSSR count). The summed E-state index contributed by atoms with van der Waals surface area (Å²) >= 11 is 0. The molecule has 1 aromatic heterocycles. The Bertz CT molecular complexity index is 1440. The van der Waals surface area contributed by atoms with Crippen LogP contribution >= 0.6 is 0 Å². The largest absolute Gasteiger partial charge is 0.435 e. The molecule has 0 fully saturated rings. The highest BCUT2D eigenvalue weighted by Crippen LogP contribution is 2.33. The van der Waals surface area contributed by atoms with Crippen LogP contribution in [0.2, 0.25) is 0 Å². The molecular weight excluding hydrogens is 491 g/mol. The Morgan fingerprint density at radius 2 is 1.63 bits per heavy atom. The van der Waals surface area contributed by atoms with Crippen molar-refractivity contribution in [2.24, 2.45) is 5.92 Å². The van der Waals surface area contributed by atoms with Crippen LogP contribution in [-0.4, -0.2) is 21.5 Å². The van der Waals surface area contributed by atoms with Crippen molar-refractivity contribution in [3.63, 3.8) is 0 Å². The van der Waals surface area contributed by atoms with Gasteiger partial charge in [-0.2, -0.15) is 18.3 Å². The van der Waals surface area contributed by atoms with E-state index >= 15 is 0 Å². The number of aromatic nitrogens is 2. The van der Waals surface area contributed by atoms with Crippen molar-refractivity contribution in [1.82, 2.24) is 9.78 Å². The van der Waals surface area contributed by atoms with E-state index in [2.05, 4.69) is 10.4 Å². The molecule has 0 aliphatic carbocycles. The van der Waals surface area contributed by atoms with Crippen LogP contribution in [-0.2, 0) is 12.6 Å². The molecule has 4 aromatic rings. The van der Waals surface area contributed by atoms with Gasteiger partial charge in [0.05, 0.1) is 5.69 Å². The van der Waals surface area contributed by atoms with Crippen LogP contribution in [0.15, 0.2) is 84.9 Å². The second-order valence-electron chi connectivity index (χ2n) is 9.24. The number of halogens is 3. The van der Waals surface area contributed by atoms with Gasteiger partial charge in [-0.05, 0) is 59.9 Å². The maximum absolute atomic E-state index is 13.6. The molecule has 1 heterocycles. The van der Waals surface area contributed by atoms with Gasteiger partial charge in [0.2, 0.25) is 0 Å². The number of aryl methyl sites for hydroxylation is 1. The standard InChI is InChI=1S/C30H28F3N3O2/c1-4-21-10-8-15-25(16-21)36-26(18-27(35-36)30(31,32)33)28(37)20(3)19(2)22-11-9-12-23(17-22)29(38)34-24-13-6-5-7-14-24/h5-20H,4H2,1-3H3,(H,34,38). The number of nitrogens with one attached hydrogen (secondary N) is 1. The van der Waals surface area contributed by atoms with Crippen molar-refractivity contribution in [1.29, 1.82) is 0 Å². The van der Waals surface area contributed by atoms with E-state index < -0.39 is 23.6 Å². The van der Waals surface area contributed by atoms with Crippen LogP contribution in [0.25, 0.3) is 5.69 Å². The summed E-state index contributed by atoms with van der Waals surface area (Å²) in [5.41, 5.74) is 1.84. The Hall–Kier alpha value is -4.20. The van der Waals surface area contributed by atoms with Gasteiger partial charge in [0, 0.05) is 23.2 Å². The number of hydrogen-bond acceptors (Lipinski definition) is 3. The summed E-state index contributed by atoms with van der Waals surface area (Å²) in [6, 6.07) is 23.7. The lowest BCUT2D eigenvalue weighted by atomic mass is 9.84. The molecule has 0 saturated heterocycles. The van der Waals surface area contributed by atoms with Crippen LogP contribution in [0.3, 0.4) is 0 Å².